The smallest absolute Gasteiger partial charge is 0.224 e. The Kier molecular flexibility index (Phi) is 3.79. The van der Waals surface area contributed by atoms with Gasteiger partial charge in [-0.15, -0.1) is 0 Å². The number of carbonyl (C=O) groups excluding carboxylic acids is 1. The second-order valence-electron chi connectivity index (χ2n) is 4.78. The van der Waals surface area contributed by atoms with Gasteiger partial charge in [-0.3, -0.25) is 4.79 Å². The lowest BCUT2D eigenvalue weighted by molar-refractivity contribution is -0.121. The fourth-order valence-corrected chi connectivity index (χ4v) is 2.29. The Hall–Kier alpha value is -1.35. The van der Waals surface area contributed by atoms with Gasteiger partial charge in [0.15, 0.2) is 0 Å². The molecule has 1 aliphatic carbocycles. The Labute approximate surface area is 102 Å². The summed E-state index contributed by atoms with van der Waals surface area (Å²) >= 11 is 0. The monoisotopic (exact) mass is 233 g/mol. The van der Waals surface area contributed by atoms with E-state index in [1.165, 1.54) is 24.0 Å². The van der Waals surface area contributed by atoms with Crippen molar-refractivity contribution in [1.82, 2.24) is 5.32 Å². The molecule has 3 nitrogen and oxygen atoms in total. The van der Waals surface area contributed by atoms with Crippen LogP contribution in [0.15, 0.2) is 18.2 Å². The first-order chi connectivity index (χ1) is 8.19. The molecule has 17 heavy (non-hydrogen) atoms. The van der Waals surface area contributed by atoms with Crippen molar-refractivity contribution in [3.05, 3.63) is 34.9 Å². The summed E-state index contributed by atoms with van der Waals surface area (Å²) in [4.78, 5) is 11.7. The molecule has 0 heterocycles. The molecule has 1 amide bonds. The molecule has 0 saturated carbocycles. The summed E-state index contributed by atoms with van der Waals surface area (Å²) in [6.45, 7) is 1.77. The van der Waals surface area contributed by atoms with Crippen LogP contribution in [0.4, 0.5) is 0 Å². The number of hydrogen-bond donors (Lipinski definition) is 2. The highest BCUT2D eigenvalue weighted by atomic mass is 16.3. The van der Waals surface area contributed by atoms with E-state index in [0.717, 1.165) is 12.0 Å². The summed E-state index contributed by atoms with van der Waals surface area (Å²) in [5, 5.41) is 11.6. The zero-order valence-electron chi connectivity index (χ0n) is 10.2. The average molecular weight is 233 g/mol. The van der Waals surface area contributed by atoms with Gasteiger partial charge in [-0.25, -0.2) is 0 Å². The number of carbonyl (C=O) groups is 1. The summed E-state index contributed by atoms with van der Waals surface area (Å²) in [5.74, 6) is -0.0236. The molecule has 2 N–H and O–H groups in total. The van der Waals surface area contributed by atoms with E-state index < -0.39 is 0 Å². The Balaban J connectivity index is 1.97. The SMILES string of the molecule is C[C@H](CO)NC(=O)Cc1ccc2c(c1)CCC2. The molecule has 92 valence electrons. The van der Waals surface area contributed by atoms with Crippen LogP contribution >= 0.6 is 0 Å². The van der Waals surface area contributed by atoms with Gasteiger partial charge in [-0.1, -0.05) is 18.2 Å². The van der Waals surface area contributed by atoms with Gasteiger partial charge < -0.3 is 10.4 Å². The van der Waals surface area contributed by atoms with Crippen molar-refractivity contribution in [1.29, 1.82) is 0 Å². The summed E-state index contributed by atoms with van der Waals surface area (Å²) in [7, 11) is 0. The van der Waals surface area contributed by atoms with Crippen LogP contribution in [-0.2, 0) is 24.1 Å². The van der Waals surface area contributed by atoms with Gasteiger partial charge in [-0.05, 0) is 42.9 Å². The van der Waals surface area contributed by atoms with Crippen molar-refractivity contribution in [2.75, 3.05) is 6.61 Å². The molecule has 0 fully saturated rings. The molecule has 0 unspecified atom stereocenters. The second kappa shape index (κ2) is 5.32. The van der Waals surface area contributed by atoms with E-state index in [2.05, 4.69) is 17.4 Å². The standard InChI is InChI=1S/C14H19NO2/c1-10(9-16)15-14(17)8-11-5-6-12-3-2-4-13(12)7-11/h5-7,10,16H,2-4,8-9H2,1H3,(H,15,17)/t10-/m1/s1. The number of aryl methyl sites for hydroxylation is 2. The largest absolute Gasteiger partial charge is 0.394 e. The van der Waals surface area contributed by atoms with Crippen molar-refractivity contribution >= 4 is 5.91 Å². The third-order valence-corrected chi connectivity index (χ3v) is 3.21. The normalized spacial score (nSPS) is 15.4. The zero-order valence-corrected chi connectivity index (χ0v) is 10.2. The molecule has 2 rings (SSSR count). The molecule has 1 aliphatic rings. The molecular formula is C14H19NO2. The van der Waals surface area contributed by atoms with Crippen molar-refractivity contribution < 1.29 is 9.90 Å². The van der Waals surface area contributed by atoms with Crippen molar-refractivity contribution in [2.45, 2.75) is 38.6 Å². The van der Waals surface area contributed by atoms with Crippen LogP contribution in [0, 0.1) is 0 Å². The number of aliphatic hydroxyl groups is 1. The minimum Gasteiger partial charge on any atom is -0.394 e. The summed E-state index contributed by atoms with van der Waals surface area (Å²) in [6, 6.07) is 6.15. The summed E-state index contributed by atoms with van der Waals surface area (Å²) < 4.78 is 0. The van der Waals surface area contributed by atoms with Gasteiger partial charge in [0, 0.05) is 6.04 Å². The lowest BCUT2D eigenvalue weighted by Gasteiger charge is -2.11. The van der Waals surface area contributed by atoms with E-state index in [0.29, 0.717) is 6.42 Å². The lowest BCUT2D eigenvalue weighted by Crippen LogP contribution is -2.36. The predicted octanol–water partition coefficient (Wildman–Crippen LogP) is 1.21. The number of rotatable bonds is 4. The maximum atomic E-state index is 11.7. The number of aliphatic hydroxyl groups excluding tert-OH is 1. The molecule has 0 spiro atoms. The maximum absolute atomic E-state index is 11.7. The fourth-order valence-electron chi connectivity index (χ4n) is 2.29. The quantitative estimate of drug-likeness (QED) is 0.821. The highest BCUT2D eigenvalue weighted by molar-refractivity contribution is 5.78. The number of hydrogen-bond acceptors (Lipinski definition) is 2. The van der Waals surface area contributed by atoms with Crippen molar-refractivity contribution in [2.24, 2.45) is 0 Å². The van der Waals surface area contributed by atoms with Gasteiger partial charge in [0.1, 0.15) is 0 Å². The minimum absolute atomic E-state index is 0.0179. The number of benzene rings is 1. The highest BCUT2D eigenvalue weighted by Gasteiger charge is 2.12. The first kappa shape index (κ1) is 12.1. The molecule has 1 atom stereocenters. The maximum Gasteiger partial charge on any atom is 0.224 e. The van der Waals surface area contributed by atoms with E-state index in [9.17, 15) is 4.79 Å². The van der Waals surface area contributed by atoms with Gasteiger partial charge in [0.2, 0.25) is 5.91 Å². The van der Waals surface area contributed by atoms with Crippen LogP contribution in [0.5, 0.6) is 0 Å². The number of amides is 1. The summed E-state index contributed by atoms with van der Waals surface area (Å²) in [6.07, 6.45) is 3.94. The molecule has 3 heteroatoms. The van der Waals surface area contributed by atoms with Gasteiger partial charge >= 0.3 is 0 Å². The van der Waals surface area contributed by atoms with Crippen LogP contribution < -0.4 is 5.32 Å². The number of fused-ring (bicyclic) bond motifs is 1. The molecule has 0 aromatic heterocycles. The van der Waals surface area contributed by atoms with E-state index in [4.69, 9.17) is 5.11 Å². The Bertz CT molecular complexity index is 415. The zero-order chi connectivity index (χ0) is 12.3. The molecule has 1 aromatic carbocycles. The molecular weight excluding hydrogens is 214 g/mol. The first-order valence-corrected chi connectivity index (χ1v) is 6.20. The average Bonchev–Trinajstić information content (AvgIpc) is 2.75. The Morgan fingerprint density at radius 1 is 1.41 bits per heavy atom. The summed E-state index contributed by atoms with van der Waals surface area (Å²) in [5.41, 5.74) is 3.89. The highest BCUT2D eigenvalue weighted by Crippen LogP contribution is 2.22. The van der Waals surface area contributed by atoms with E-state index in [-0.39, 0.29) is 18.6 Å². The third-order valence-electron chi connectivity index (χ3n) is 3.21. The van der Waals surface area contributed by atoms with Crippen LogP contribution in [0.1, 0.15) is 30.0 Å². The van der Waals surface area contributed by atoms with Crippen LogP contribution in [0.2, 0.25) is 0 Å². The van der Waals surface area contributed by atoms with Gasteiger partial charge in [-0.2, -0.15) is 0 Å². The molecule has 0 radical (unpaired) electrons. The van der Waals surface area contributed by atoms with Crippen LogP contribution in [0.3, 0.4) is 0 Å². The molecule has 0 saturated heterocycles. The van der Waals surface area contributed by atoms with Crippen molar-refractivity contribution in [3.63, 3.8) is 0 Å². The van der Waals surface area contributed by atoms with Gasteiger partial charge in [0.05, 0.1) is 13.0 Å². The topological polar surface area (TPSA) is 49.3 Å². The first-order valence-electron chi connectivity index (χ1n) is 6.20. The second-order valence-corrected chi connectivity index (χ2v) is 4.78. The van der Waals surface area contributed by atoms with E-state index in [1.807, 2.05) is 6.07 Å². The lowest BCUT2D eigenvalue weighted by atomic mass is 10.0. The number of nitrogens with one attached hydrogen (secondary N) is 1. The van der Waals surface area contributed by atoms with Gasteiger partial charge in [0.25, 0.3) is 0 Å². The third kappa shape index (κ3) is 3.07. The van der Waals surface area contributed by atoms with Crippen LogP contribution in [0.25, 0.3) is 0 Å². The van der Waals surface area contributed by atoms with Crippen LogP contribution in [-0.4, -0.2) is 23.7 Å². The minimum atomic E-state index is -0.170. The Morgan fingerprint density at radius 2 is 2.18 bits per heavy atom. The van der Waals surface area contributed by atoms with E-state index >= 15 is 0 Å². The molecule has 0 aliphatic heterocycles. The molecule has 1 aromatic rings. The van der Waals surface area contributed by atoms with Crippen molar-refractivity contribution in [3.8, 4) is 0 Å². The molecule has 0 bridgehead atoms. The predicted molar refractivity (Wildman–Crippen MR) is 66.9 cm³/mol. The Morgan fingerprint density at radius 3 is 2.94 bits per heavy atom. The fraction of sp³-hybridized carbons (Fsp3) is 0.500. The van der Waals surface area contributed by atoms with E-state index in [1.54, 1.807) is 6.92 Å².